The maximum Gasteiger partial charge on any atom is 0.307 e. The SMILES string of the molecule is O=C(O)Cc1cccc(Oc2cccc(OCCc3ccccc3)c2)c1. The molecule has 0 spiro atoms. The van der Waals surface area contributed by atoms with Crippen LogP contribution in [0.15, 0.2) is 78.9 Å². The molecule has 4 heteroatoms. The fraction of sp³-hybridized carbons (Fsp3) is 0.136. The number of carboxylic acid groups (broad SMARTS) is 1. The largest absolute Gasteiger partial charge is 0.493 e. The minimum absolute atomic E-state index is 0.0279. The summed E-state index contributed by atoms with van der Waals surface area (Å²) in [7, 11) is 0. The summed E-state index contributed by atoms with van der Waals surface area (Å²) in [5.74, 6) is 1.12. The number of hydrogen-bond donors (Lipinski definition) is 1. The van der Waals surface area contributed by atoms with Crippen molar-refractivity contribution in [2.75, 3.05) is 6.61 Å². The summed E-state index contributed by atoms with van der Waals surface area (Å²) < 4.78 is 11.6. The van der Waals surface area contributed by atoms with Crippen LogP contribution in [0.2, 0.25) is 0 Å². The van der Waals surface area contributed by atoms with E-state index in [-0.39, 0.29) is 6.42 Å². The van der Waals surface area contributed by atoms with Gasteiger partial charge in [0.1, 0.15) is 17.2 Å². The number of aliphatic carboxylic acids is 1. The summed E-state index contributed by atoms with van der Waals surface area (Å²) in [5.41, 5.74) is 1.93. The summed E-state index contributed by atoms with van der Waals surface area (Å²) in [5, 5.41) is 8.89. The molecule has 26 heavy (non-hydrogen) atoms. The van der Waals surface area contributed by atoms with Gasteiger partial charge in [-0.2, -0.15) is 0 Å². The lowest BCUT2D eigenvalue weighted by molar-refractivity contribution is -0.136. The van der Waals surface area contributed by atoms with Crippen molar-refractivity contribution in [1.29, 1.82) is 0 Å². The zero-order valence-corrected chi connectivity index (χ0v) is 14.3. The molecule has 0 fully saturated rings. The maximum atomic E-state index is 10.8. The molecule has 3 rings (SSSR count). The van der Waals surface area contributed by atoms with Gasteiger partial charge >= 0.3 is 5.97 Å². The number of rotatable bonds is 8. The van der Waals surface area contributed by atoms with E-state index in [0.29, 0.717) is 23.7 Å². The van der Waals surface area contributed by atoms with Crippen molar-refractivity contribution in [2.24, 2.45) is 0 Å². The Morgan fingerprint density at radius 2 is 1.42 bits per heavy atom. The second-order valence-electron chi connectivity index (χ2n) is 5.88. The minimum atomic E-state index is -0.865. The number of ether oxygens (including phenoxy) is 2. The van der Waals surface area contributed by atoms with Crippen molar-refractivity contribution in [3.05, 3.63) is 90.0 Å². The van der Waals surface area contributed by atoms with E-state index in [1.54, 1.807) is 24.3 Å². The monoisotopic (exact) mass is 348 g/mol. The van der Waals surface area contributed by atoms with Gasteiger partial charge in [-0.25, -0.2) is 0 Å². The molecule has 0 aliphatic rings. The molecule has 0 aliphatic carbocycles. The molecule has 0 radical (unpaired) electrons. The van der Waals surface area contributed by atoms with Gasteiger partial charge in [-0.3, -0.25) is 4.79 Å². The van der Waals surface area contributed by atoms with Crippen molar-refractivity contribution in [3.8, 4) is 17.2 Å². The van der Waals surface area contributed by atoms with Crippen LogP contribution in [-0.2, 0) is 17.6 Å². The molecule has 0 aromatic heterocycles. The van der Waals surface area contributed by atoms with Crippen LogP contribution in [0.3, 0.4) is 0 Å². The van der Waals surface area contributed by atoms with Gasteiger partial charge < -0.3 is 14.6 Å². The van der Waals surface area contributed by atoms with Crippen LogP contribution >= 0.6 is 0 Å². The molecule has 3 aromatic rings. The van der Waals surface area contributed by atoms with Crippen molar-refractivity contribution in [3.63, 3.8) is 0 Å². The normalized spacial score (nSPS) is 10.3. The second-order valence-corrected chi connectivity index (χ2v) is 5.88. The summed E-state index contributed by atoms with van der Waals surface area (Å²) in [6.07, 6.45) is 0.809. The van der Waals surface area contributed by atoms with E-state index in [0.717, 1.165) is 12.2 Å². The third-order valence-corrected chi connectivity index (χ3v) is 3.80. The Kier molecular flexibility index (Phi) is 5.88. The molecule has 4 nitrogen and oxygen atoms in total. The highest BCUT2D eigenvalue weighted by Gasteiger charge is 2.04. The maximum absolute atomic E-state index is 10.8. The Hall–Kier alpha value is -3.27. The Morgan fingerprint density at radius 3 is 2.19 bits per heavy atom. The van der Waals surface area contributed by atoms with Gasteiger partial charge in [0.05, 0.1) is 13.0 Å². The highest BCUT2D eigenvalue weighted by atomic mass is 16.5. The highest BCUT2D eigenvalue weighted by molar-refractivity contribution is 5.70. The highest BCUT2D eigenvalue weighted by Crippen LogP contribution is 2.26. The second kappa shape index (κ2) is 8.72. The number of carbonyl (C=O) groups is 1. The molecule has 1 N–H and O–H groups in total. The van der Waals surface area contributed by atoms with E-state index >= 15 is 0 Å². The fourth-order valence-electron chi connectivity index (χ4n) is 2.59. The van der Waals surface area contributed by atoms with Crippen LogP contribution < -0.4 is 9.47 Å². The zero-order chi connectivity index (χ0) is 18.2. The summed E-state index contributed by atoms with van der Waals surface area (Å²) in [6.45, 7) is 0.585. The molecule has 3 aromatic carbocycles. The Morgan fingerprint density at radius 1 is 0.769 bits per heavy atom. The predicted octanol–water partition coefficient (Wildman–Crippen LogP) is 4.73. The average Bonchev–Trinajstić information content (AvgIpc) is 2.63. The Bertz CT molecular complexity index is 859. The summed E-state index contributed by atoms with van der Waals surface area (Å²) in [4.78, 5) is 10.8. The first-order valence-corrected chi connectivity index (χ1v) is 8.44. The smallest absolute Gasteiger partial charge is 0.307 e. The van der Waals surface area contributed by atoms with Crippen LogP contribution in [0, 0.1) is 0 Å². The fourth-order valence-corrected chi connectivity index (χ4v) is 2.59. The molecule has 0 heterocycles. The standard InChI is InChI=1S/C22H20O4/c23-22(24)15-18-8-4-10-20(14-18)26-21-11-5-9-19(16-21)25-13-12-17-6-2-1-3-7-17/h1-11,14,16H,12-13,15H2,(H,23,24). The average molecular weight is 348 g/mol. The molecule has 0 atom stereocenters. The lowest BCUT2D eigenvalue weighted by Gasteiger charge is -2.10. The van der Waals surface area contributed by atoms with Crippen LogP contribution in [0.5, 0.6) is 17.2 Å². The molecule has 0 amide bonds. The van der Waals surface area contributed by atoms with Gasteiger partial charge in [-0.1, -0.05) is 48.5 Å². The molecular formula is C22H20O4. The van der Waals surface area contributed by atoms with Gasteiger partial charge in [0.2, 0.25) is 0 Å². The van der Waals surface area contributed by atoms with E-state index < -0.39 is 5.97 Å². The van der Waals surface area contributed by atoms with E-state index in [1.807, 2.05) is 42.5 Å². The van der Waals surface area contributed by atoms with Gasteiger partial charge in [0, 0.05) is 12.5 Å². The first kappa shape index (κ1) is 17.5. The summed E-state index contributed by atoms with van der Waals surface area (Å²) in [6, 6.07) is 24.7. The van der Waals surface area contributed by atoms with Gasteiger partial charge in [0.25, 0.3) is 0 Å². The summed E-state index contributed by atoms with van der Waals surface area (Å²) >= 11 is 0. The van der Waals surface area contributed by atoms with Crippen molar-refractivity contribution in [1.82, 2.24) is 0 Å². The van der Waals surface area contributed by atoms with E-state index in [2.05, 4.69) is 12.1 Å². The number of benzene rings is 3. The third-order valence-electron chi connectivity index (χ3n) is 3.80. The van der Waals surface area contributed by atoms with Crippen molar-refractivity contribution in [2.45, 2.75) is 12.8 Å². The first-order valence-electron chi connectivity index (χ1n) is 8.44. The molecule has 0 aliphatic heterocycles. The Labute approximate surface area is 152 Å². The van der Waals surface area contributed by atoms with Gasteiger partial charge in [0.15, 0.2) is 0 Å². The molecule has 0 saturated carbocycles. The van der Waals surface area contributed by atoms with Gasteiger partial charge in [-0.05, 0) is 35.4 Å². The van der Waals surface area contributed by atoms with E-state index in [1.165, 1.54) is 5.56 Å². The van der Waals surface area contributed by atoms with Crippen LogP contribution in [0.1, 0.15) is 11.1 Å². The quantitative estimate of drug-likeness (QED) is 0.639. The zero-order valence-electron chi connectivity index (χ0n) is 14.3. The molecule has 132 valence electrons. The van der Waals surface area contributed by atoms with Gasteiger partial charge in [-0.15, -0.1) is 0 Å². The topological polar surface area (TPSA) is 55.8 Å². The number of carboxylic acids is 1. The van der Waals surface area contributed by atoms with E-state index in [9.17, 15) is 4.79 Å². The lowest BCUT2D eigenvalue weighted by atomic mass is 10.1. The predicted molar refractivity (Wildman–Crippen MR) is 99.9 cm³/mol. The number of hydrogen-bond acceptors (Lipinski definition) is 3. The third kappa shape index (κ3) is 5.38. The van der Waals surface area contributed by atoms with Crippen molar-refractivity contribution >= 4 is 5.97 Å². The molecular weight excluding hydrogens is 328 g/mol. The van der Waals surface area contributed by atoms with Crippen LogP contribution in [0.4, 0.5) is 0 Å². The minimum Gasteiger partial charge on any atom is -0.493 e. The van der Waals surface area contributed by atoms with Crippen molar-refractivity contribution < 1.29 is 19.4 Å². The van der Waals surface area contributed by atoms with Crippen LogP contribution in [-0.4, -0.2) is 17.7 Å². The lowest BCUT2D eigenvalue weighted by Crippen LogP contribution is -2.01. The molecule has 0 unspecified atom stereocenters. The molecule has 0 bridgehead atoms. The van der Waals surface area contributed by atoms with E-state index in [4.69, 9.17) is 14.6 Å². The molecule has 0 saturated heterocycles. The Balaban J connectivity index is 1.59. The first-order chi connectivity index (χ1) is 12.7. The van der Waals surface area contributed by atoms with Crippen LogP contribution in [0.25, 0.3) is 0 Å².